The van der Waals surface area contributed by atoms with Crippen LogP contribution in [-0.2, 0) is 23.7 Å². The number of hydrogen-bond donors (Lipinski definition) is 6. The third-order valence-electron chi connectivity index (χ3n) is 8.66. The Hall–Kier alpha value is -1.87. The number of carbonyl (C=O) groups is 1. The highest BCUT2D eigenvalue weighted by Crippen LogP contribution is 2.81. The summed E-state index contributed by atoms with van der Waals surface area (Å²) in [6.45, 7) is 0.878. The number of ether oxygens (including phenoxy) is 5. The molecule has 12 heteroatoms. The summed E-state index contributed by atoms with van der Waals surface area (Å²) in [6.07, 6.45) is -8.10. The summed E-state index contributed by atoms with van der Waals surface area (Å²) in [5.74, 6) is -2.68. The molecule has 4 saturated heterocycles. The van der Waals surface area contributed by atoms with E-state index in [9.17, 15) is 35.4 Å². The van der Waals surface area contributed by atoms with Gasteiger partial charge < -0.3 is 54.3 Å². The fourth-order valence-corrected chi connectivity index (χ4v) is 6.90. The molecule has 0 unspecified atom stereocenters. The molecule has 3 saturated carbocycles. The molecule has 3 aliphatic carbocycles. The second-order valence-electron chi connectivity index (χ2n) is 10.4. The minimum absolute atomic E-state index is 0.00282. The van der Waals surface area contributed by atoms with Crippen molar-refractivity contribution in [3.05, 3.63) is 29.8 Å². The quantitative estimate of drug-likeness (QED) is 0.247. The molecule has 0 amide bonds. The van der Waals surface area contributed by atoms with Crippen molar-refractivity contribution in [2.45, 2.75) is 73.8 Å². The smallest absolute Gasteiger partial charge is 0.338 e. The van der Waals surface area contributed by atoms with E-state index in [-0.39, 0.29) is 30.8 Å². The van der Waals surface area contributed by atoms with Crippen LogP contribution in [-0.4, -0.2) is 104 Å². The number of benzene rings is 1. The molecule has 192 valence electrons. The lowest BCUT2D eigenvalue weighted by atomic mass is 9.41. The predicted molar refractivity (Wildman–Crippen MR) is 110 cm³/mol. The molecule has 0 radical (unpaired) electrons. The fraction of sp³-hybridized carbons (Fsp3) is 0.696. The molecule has 7 fully saturated rings. The van der Waals surface area contributed by atoms with Gasteiger partial charge in [0.25, 0.3) is 0 Å². The zero-order valence-electron chi connectivity index (χ0n) is 18.8. The maximum atomic E-state index is 12.7. The molecule has 6 N–H and O–H groups in total. The van der Waals surface area contributed by atoms with Gasteiger partial charge in [-0.15, -0.1) is 0 Å². The first-order chi connectivity index (χ1) is 16.5. The lowest BCUT2D eigenvalue weighted by Crippen LogP contribution is -2.80. The van der Waals surface area contributed by atoms with Crippen LogP contribution in [0.25, 0.3) is 0 Å². The van der Waals surface area contributed by atoms with Gasteiger partial charge in [-0.2, -0.15) is 0 Å². The third-order valence-corrected chi connectivity index (χ3v) is 8.66. The maximum absolute atomic E-state index is 12.7. The first-order valence-corrected chi connectivity index (χ1v) is 11.5. The minimum Gasteiger partial charge on any atom is -0.508 e. The van der Waals surface area contributed by atoms with Gasteiger partial charge in [0.2, 0.25) is 0 Å². The number of aliphatic hydroxyl groups excluding tert-OH is 4. The van der Waals surface area contributed by atoms with E-state index in [0.29, 0.717) is 0 Å². The van der Waals surface area contributed by atoms with Crippen LogP contribution in [0.5, 0.6) is 5.75 Å². The number of carbonyl (C=O) groups excluding carboxylic acids is 1. The Labute approximate surface area is 199 Å². The number of rotatable bonds is 6. The zero-order valence-corrected chi connectivity index (χ0v) is 18.8. The Morgan fingerprint density at radius 1 is 1.11 bits per heavy atom. The van der Waals surface area contributed by atoms with E-state index in [1.807, 2.05) is 0 Å². The van der Waals surface area contributed by atoms with Gasteiger partial charge >= 0.3 is 5.97 Å². The van der Waals surface area contributed by atoms with E-state index in [1.165, 1.54) is 24.3 Å². The average molecular weight is 496 g/mol. The number of phenolic OH excluding ortho intramolecular Hbond substituents is 1. The SMILES string of the molecule is C[C@@]12C[C@]3(O)O[C@H](O1)[C@]1(COC(=O)c4ccc(O)cc4)[C@H]3C[C@@]12O[C@@H]1O[C@H](CO)[C@@H](O)[C@H](O)[C@H]1O. The summed E-state index contributed by atoms with van der Waals surface area (Å²) in [5, 5.41) is 61.2. The molecule has 4 heterocycles. The Morgan fingerprint density at radius 2 is 1.83 bits per heavy atom. The standard InChI is InChI=1S/C23H28O12/c1-20-8-22(30)13-6-23(20,33-18-16(28)15(27)14(26)12(7-24)32-18)21(13,19(34-20)35-22)9-31-17(29)10-2-4-11(25)5-3-10/h2-5,12-16,18-19,24-28,30H,6-9H2,1H3/t12-,13-,14-,15+,16-,18+,19+,20+,21+,22+,23+/m1/s1. The summed E-state index contributed by atoms with van der Waals surface area (Å²) in [7, 11) is 0. The average Bonchev–Trinajstić information content (AvgIpc) is 3.00. The molecule has 11 atom stereocenters. The highest BCUT2D eigenvalue weighted by Gasteiger charge is 2.94. The Bertz CT molecular complexity index is 1030. The predicted octanol–water partition coefficient (Wildman–Crippen LogP) is -1.65. The summed E-state index contributed by atoms with van der Waals surface area (Å²) in [5.41, 5.74) is -3.27. The van der Waals surface area contributed by atoms with E-state index in [1.54, 1.807) is 6.92 Å². The molecule has 7 aliphatic rings. The highest BCUT2D eigenvalue weighted by atomic mass is 16.8. The van der Waals surface area contributed by atoms with Crippen molar-refractivity contribution >= 4 is 5.97 Å². The molecule has 35 heavy (non-hydrogen) atoms. The van der Waals surface area contributed by atoms with Crippen LogP contribution in [0.3, 0.4) is 0 Å². The monoisotopic (exact) mass is 496 g/mol. The van der Waals surface area contributed by atoms with E-state index < -0.39 is 77.9 Å². The lowest BCUT2D eigenvalue weighted by Gasteiger charge is -2.67. The molecule has 6 bridgehead atoms. The zero-order chi connectivity index (χ0) is 25.0. The molecule has 0 aromatic heterocycles. The number of phenols is 1. The van der Waals surface area contributed by atoms with Gasteiger partial charge in [-0.1, -0.05) is 0 Å². The van der Waals surface area contributed by atoms with Gasteiger partial charge in [-0.3, -0.25) is 0 Å². The lowest BCUT2D eigenvalue weighted by molar-refractivity contribution is -0.424. The maximum Gasteiger partial charge on any atom is 0.338 e. The summed E-state index contributed by atoms with van der Waals surface area (Å²) >= 11 is 0. The molecule has 1 aromatic carbocycles. The fourth-order valence-electron chi connectivity index (χ4n) is 6.90. The second-order valence-corrected chi connectivity index (χ2v) is 10.4. The van der Waals surface area contributed by atoms with Gasteiger partial charge in [0.05, 0.1) is 17.6 Å². The van der Waals surface area contributed by atoms with Gasteiger partial charge in [0.15, 0.2) is 18.4 Å². The summed E-state index contributed by atoms with van der Waals surface area (Å²) < 4.78 is 29.6. The number of esters is 1. The van der Waals surface area contributed by atoms with E-state index in [2.05, 4.69) is 0 Å². The minimum atomic E-state index is -1.64. The van der Waals surface area contributed by atoms with E-state index in [4.69, 9.17) is 23.7 Å². The Balaban J connectivity index is 1.31. The van der Waals surface area contributed by atoms with Crippen molar-refractivity contribution in [2.24, 2.45) is 11.3 Å². The van der Waals surface area contributed by atoms with Crippen LogP contribution < -0.4 is 0 Å². The van der Waals surface area contributed by atoms with Gasteiger partial charge in [-0.25, -0.2) is 4.79 Å². The van der Waals surface area contributed by atoms with Crippen LogP contribution in [0, 0.1) is 11.3 Å². The van der Waals surface area contributed by atoms with Crippen LogP contribution in [0.15, 0.2) is 24.3 Å². The highest BCUT2D eigenvalue weighted by molar-refractivity contribution is 5.89. The van der Waals surface area contributed by atoms with Crippen LogP contribution in [0.4, 0.5) is 0 Å². The van der Waals surface area contributed by atoms with Gasteiger partial charge in [-0.05, 0) is 37.6 Å². The van der Waals surface area contributed by atoms with Crippen molar-refractivity contribution in [3.8, 4) is 5.75 Å². The molecule has 4 aliphatic heterocycles. The number of aliphatic hydroxyl groups is 5. The van der Waals surface area contributed by atoms with Crippen molar-refractivity contribution in [1.29, 1.82) is 0 Å². The normalized spacial score (nSPS) is 51.3. The third kappa shape index (κ3) is 2.80. The number of hydrogen-bond acceptors (Lipinski definition) is 12. The first-order valence-electron chi connectivity index (χ1n) is 11.5. The van der Waals surface area contributed by atoms with Crippen molar-refractivity contribution in [2.75, 3.05) is 13.2 Å². The molecule has 8 rings (SSSR count). The van der Waals surface area contributed by atoms with Crippen LogP contribution >= 0.6 is 0 Å². The largest absolute Gasteiger partial charge is 0.508 e. The first kappa shape index (κ1) is 23.5. The Kier molecular flexibility index (Phi) is 4.93. The summed E-state index contributed by atoms with van der Waals surface area (Å²) in [4.78, 5) is 12.7. The number of aromatic hydroxyl groups is 1. The van der Waals surface area contributed by atoms with Crippen LogP contribution in [0.1, 0.15) is 30.1 Å². The molecular weight excluding hydrogens is 468 g/mol. The molecular formula is C23H28O12. The van der Waals surface area contributed by atoms with Crippen LogP contribution in [0.2, 0.25) is 0 Å². The molecule has 0 spiro atoms. The van der Waals surface area contributed by atoms with E-state index >= 15 is 0 Å². The van der Waals surface area contributed by atoms with Gasteiger partial charge in [0, 0.05) is 12.3 Å². The van der Waals surface area contributed by atoms with Gasteiger partial charge in [0.1, 0.15) is 48.0 Å². The Morgan fingerprint density at radius 3 is 2.51 bits per heavy atom. The molecule has 12 nitrogen and oxygen atoms in total. The van der Waals surface area contributed by atoms with E-state index in [0.717, 1.165) is 0 Å². The molecule has 1 aromatic rings. The topological polar surface area (TPSA) is 185 Å². The van der Waals surface area contributed by atoms with Crippen molar-refractivity contribution in [3.63, 3.8) is 0 Å². The second kappa shape index (κ2) is 7.34. The van der Waals surface area contributed by atoms with Crippen molar-refractivity contribution < 1.29 is 59.1 Å². The van der Waals surface area contributed by atoms with Crippen molar-refractivity contribution in [1.82, 2.24) is 0 Å². The summed E-state index contributed by atoms with van der Waals surface area (Å²) in [6, 6.07) is 5.54.